The van der Waals surface area contributed by atoms with Gasteiger partial charge in [0.15, 0.2) is 11.5 Å². The second kappa shape index (κ2) is 7.50. The average molecular weight is 279 g/mol. The fraction of sp³-hybridized carbons (Fsp3) is 0.625. The minimum atomic E-state index is 0.296. The van der Waals surface area contributed by atoms with Crippen LogP contribution >= 0.6 is 0 Å². The minimum Gasteiger partial charge on any atom is -0.493 e. The van der Waals surface area contributed by atoms with E-state index in [2.05, 4.69) is 18.3 Å². The van der Waals surface area contributed by atoms with Gasteiger partial charge in [0.05, 0.1) is 19.8 Å². The Bertz CT molecular complexity index is 416. The molecule has 1 aromatic rings. The highest BCUT2D eigenvalue weighted by Gasteiger charge is 2.16. The Morgan fingerprint density at radius 3 is 2.90 bits per heavy atom. The van der Waals surface area contributed by atoms with E-state index in [1.54, 1.807) is 7.11 Å². The molecule has 1 heterocycles. The van der Waals surface area contributed by atoms with Gasteiger partial charge in [-0.1, -0.05) is 6.07 Å². The Kier molecular flexibility index (Phi) is 5.68. The van der Waals surface area contributed by atoms with Gasteiger partial charge in [-0.15, -0.1) is 0 Å². The van der Waals surface area contributed by atoms with Gasteiger partial charge in [-0.25, -0.2) is 0 Å². The van der Waals surface area contributed by atoms with Gasteiger partial charge in [0.1, 0.15) is 0 Å². The van der Waals surface area contributed by atoms with E-state index in [1.165, 1.54) is 12.0 Å². The standard InChI is InChI=1S/C16H25NO3/c1-12(17-2)13-6-7-15(16(11-13)18-3)20-10-8-14-5-4-9-19-14/h6-7,11-12,14,17H,4-5,8-10H2,1-3H3. The highest BCUT2D eigenvalue weighted by molar-refractivity contribution is 5.43. The first-order valence-electron chi connectivity index (χ1n) is 7.34. The van der Waals surface area contributed by atoms with Gasteiger partial charge in [0, 0.05) is 19.1 Å². The van der Waals surface area contributed by atoms with Gasteiger partial charge in [-0.05, 0) is 44.5 Å². The zero-order valence-electron chi connectivity index (χ0n) is 12.6. The predicted octanol–water partition coefficient (Wildman–Crippen LogP) is 2.92. The first-order chi connectivity index (χ1) is 9.74. The maximum atomic E-state index is 5.83. The number of nitrogens with one attached hydrogen (secondary N) is 1. The van der Waals surface area contributed by atoms with Crippen LogP contribution < -0.4 is 14.8 Å². The highest BCUT2D eigenvalue weighted by atomic mass is 16.5. The van der Waals surface area contributed by atoms with Crippen molar-refractivity contribution >= 4 is 0 Å². The van der Waals surface area contributed by atoms with Crippen molar-refractivity contribution in [2.24, 2.45) is 0 Å². The maximum Gasteiger partial charge on any atom is 0.161 e. The summed E-state index contributed by atoms with van der Waals surface area (Å²) in [6.45, 7) is 3.68. The topological polar surface area (TPSA) is 39.7 Å². The summed E-state index contributed by atoms with van der Waals surface area (Å²) in [6.07, 6.45) is 3.63. The van der Waals surface area contributed by atoms with Gasteiger partial charge < -0.3 is 19.5 Å². The van der Waals surface area contributed by atoms with Gasteiger partial charge in [-0.2, -0.15) is 0 Å². The van der Waals surface area contributed by atoms with Gasteiger partial charge in [0.25, 0.3) is 0 Å². The number of rotatable bonds is 7. The second-order valence-corrected chi connectivity index (χ2v) is 5.19. The third kappa shape index (κ3) is 3.87. The zero-order chi connectivity index (χ0) is 14.4. The zero-order valence-corrected chi connectivity index (χ0v) is 12.6. The van der Waals surface area contributed by atoms with Crippen LogP contribution in [0.2, 0.25) is 0 Å². The third-order valence-corrected chi connectivity index (χ3v) is 3.84. The largest absolute Gasteiger partial charge is 0.493 e. The highest BCUT2D eigenvalue weighted by Crippen LogP contribution is 2.30. The molecule has 1 aliphatic rings. The Hall–Kier alpha value is -1.26. The van der Waals surface area contributed by atoms with E-state index in [9.17, 15) is 0 Å². The first-order valence-corrected chi connectivity index (χ1v) is 7.34. The molecule has 0 aliphatic carbocycles. The fourth-order valence-electron chi connectivity index (χ4n) is 2.41. The molecule has 0 aromatic heterocycles. The molecule has 4 heteroatoms. The summed E-state index contributed by atoms with van der Waals surface area (Å²) in [4.78, 5) is 0. The number of hydrogen-bond donors (Lipinski definition) is 1. The molecule has 0 saturated carbocycles. The molecule has 1 N–H and O–H groups in total. The molecule has 2 unspecified atom stereocenters. The van der Waals surface area contributed by atoms with E-state index in [0.717, 1.165) is 30.9 Å². The van der Waals surface area contributed by atoms with Crippen LogP contribution in [0.5, 0.6) is 11.5 Å². The van der Waals surface area contributed by atoms with Crippen molar-refractivity contribution in [2.45, 2.75) is 38.3 Å². The lowest BCUT2D eigenvalue weighted by Gasteiger charge is -2.16. The lowest BCUT2D eigenvalue weighted by Crippen LogP contribution is -2.13. The van der Waals surface area contributed by atoms with Crippen LogP contribution in [0.15, 0.2) is 18.2 Å². The van der Waals surface area contributed by atoms with Crippen molar-refractivity contribution in [3.63, 3.8) is 0 Å². The van der Waals surface area contributed by atoms with E-state index >= 15 is 0 Å². The molecule has 4 nitrogen and oxygen atoms in total. The van der Waals surface area contributed by atoms with Crippen LogP contribution in [0, 0.1) is 0 Å². The second-order valence-electron chi connectivity index (χ2n) is 5.19. The molecule has 1 fully saturated rings. The van der Waals surface area contributed by atoms with Crippen LogP contribution in [-0.4, -0.2) is 33.5 Å². The van der Waals surface area contributed by atoms with Crippen LogP contribution in [-0.2, 0) is 4.74 Å². The van der Waals surface area contributed by atoms with Crippen molar-refractivity contribution in [3.8, 4) is 11.5 Å². The summed E-state index contributed by atoms with van der Waals surface area (Å²) in [7, 11) is 3.62. The van der Waals surface area contributed by atoms with Crippen LogP contribution in [0.1, 0.15) is 37.8 Å². The molecular formula is C16H25NO3. The van der Waals surface area contributed by atoms with Gasteiger partial charge in [-0.3, -0.25) is 0 Å². The van der Waals surface area contributed by atoms with Crippen molar-refractivity contribution in [1.82, 2.24) is 5.32 Å². The summed E-state index contributed by atoms with van der Waals surface area (Å²) < 4.78 is 16.8. The monoisotopic (exact) mass is 279 g/mol. The molecule has 1 aromatic carbocycles. The molecule has 0 bridgehead atoms. The predicted molar refractivity (Wildman–Crippen MR) is 79.6 cm³/mol. The third-order valence-electron chi connectivity index (χ3n) is 3.84. The van der Waals surface area contributed by atoms with Crippen LogP contribution in [0.3, 0.4) is 0 Å². The molecule has 2 rings (SSSR count). The molecule has 0 radical (unpaired) electrons. The van der Waals surface area contributed by atoms with Crippen molar-refractivity contribution in [1.29, 1.82) is 0 Å². The maximum absolute atomic E-state index is 5.83. The summed E-state index contributed by atoms with van der Waals surface area (Å²) in [5, 5.41) is 3.22. The molecule has 20 heavy (non-hydrogen) atoms. The number of ether oxygens (including phenoxy) is 3. The van der Waals surface area contributed by atoms with Crippen molar-refractivity contribution in [2.75, 3.05) is 27.4 Å². The van der Waals surface area contributed by atoms with Crippen LogP contribution in [0.4, 0.5) is 0 Å². The molecule has 112 valence electrons. The SMILES string of the molecule is CNC(C)c1ccc(OCCC2CCCO2)c(OC)c1. The summed E-state index contributed by atoms with van der Waals surface area (Å²) in [6, 6.07) is 6.38. The Labute approximate surface area is 121 Å². The number of hydrogen-bond acceptors (Lipinski definition) is 4. The summed E-state index contributed by atoms with van der Waals surface area (Å²) in [5.41, 5.74) is 1.19. The van der Waals surface area contributed by atoms with E-state index < -0.39 is 0 Å². The van der Waals surface area contributed by atoms with E-state index in [1.807, 2.05) is 19.2 Å². The number of benzene rings is 1. The van der Waals surface area contributed by atoms with Crippen molar-refractivity contribution < 1.29 is 14.2 Å². The van der Waals surface area contributed by atoms with Gasteiger partial charge >= 0.3 is 0 Å². The van der Waals surface area contributed by atoms with Crippen molar-refractivity contribution in [3.05, 3.63) is 23.8 Å². The first kappa shape index (κ1) is 15.1. The molecule has 1 aliphatic heterocycles. The average Bonchev–Trinajstić information content (AvgIpc) is 3.00. The van der Waals surface area contributed by atoms with Gasteiger partial charge in [0.2, 0.25) is 0 Å². The molecule has 0 amide bonds. The molecular weight excluding hydrogens is 254 g/mol. The number of methoxy groups -OCH3 is 1. The summed E-state index contributed by atoms with van der Waals surface area (Å²) >= 11 is 0. The smallest absolute Gasteiger partial charge is 0.161 e. The Balaban J connectivity index is 1.92. The normalized spacial score (nSPS) is 19.9. The quantitative estimate of drug-likeness (QED) is 0.833. The lowest BCUT2D eigenvalue weighted by molar-refractivity contribution is 0.0899. The Morgan fingerprint density at radius 2 is 2.25 bits per heavy atom. The lowest BCUT2D eigenvalue weighted by atomic mass is 10.1. The minimum absolute atomic E-state index is 0.296. The molecule has 1 saturated heterocycles. The van der Waals surface area contributed by atoms with Crippen LogP contribution in [0.25, 0.3) is 0 Å². The fourth-order valence-corrected chi connectivity index (χ4v) is 2.41. The van der Waals surface area contributed by atoms with E-state index in [-0.39, 0.29) is 0 Å². The van der Waals surface area contributed by atoms with E-state index in [0.29, 0.717) is 18.8 Å². The Morgan fingerprint density at radius 1 is 1.40 bits per heavy atom. The molecule has 2 atom stereocenters. The summed E-state index contributed by atoms with van der Waals surface area (Å²) in [5.74, 6) is 1.59. The van der Waals surface area contributed by atoms with E-state index in [4.69, 9.17) is 14.2 Å². The molecule has 0 spiro atoms.